The van der Waals surface area contributed by atoms with Gasteiger partial charge in [0.15, 0.2) is 0 Å². The first-order valence-corrected chi connectivity index (χ1v) is 9.25. The number of alkyl carbamates (subject to hydrolysis) is 1. The molecule has 0 radical (unpaired) electrons. The number of methoxy groups -OCH3 is 1. The minimum atomic E-state index is -5.08. The molecule has 4 N–H and O–H groups in total. The number of hydrogen-bond donors (Lipinski definition) is 3. The Kier molecular flexibility index (Phi) is 10.1. The zero-order valence-electron chi connectivity index (χ0n) is 16.5. The molecule has 168 valence electrons. The van der Waals surface area contributed by atoms with Gasteiger partial charge in [-0.15, -0.1) is 0 Å². The lowest BCUT2D eigenvalue weighted by atomic mass is 10.0. The topological polar surface area (TPSA) is 122 Å². The van der Waals surface area contributed by atoms with Gasteiger partial charge in [-0.1, -0.05) is 30.3 Å². The van der Waals surface area contributed by atoms with E-state index in [9.17, 15) is 22.8 Å². The van der Waals surface area contributed by atoms with E-state index in [-0.39, 0.29) is 5.91 Å². The molecule has 2 amide bonds. The van der Waals surface area contributed by atoms with Crippen LogP contribution in [-0.2, 0) is 20.7 Å². The molecule has 11 heteroatoms. The number of likely N-dealkylation sites (tertiary alicyclic amines) is 1. The van der Waals surface area contributed by atoms with Gasteiger partial charge in [-0.3, -0.25) is 4.79 Å². The molecular weight excluding hydrogens is 407 g/mol. The minimum Gasteiger partial charge on any atom is -0.475 e. The highest BCUT2D eigenvalue weighted by molar-refractivity contribution is 5.86. The minimum absolute atomic E-state index is 0.0567. The molecular formula is C19H26F3N3O5. The molecule has 1 aliphatic rings. The number of amides is 2. The van der Waals surface area contributed by atoms with Gasteiger partial charge in [0, 0.05) is 19.5 Å². The van der Waals surface area contributed by atoms with E-state index in [0.717, 1.165) is 24.9 Å². The van der Waals surface area contributed by atoms with Gasteiger partial charge in [-0.2, -0.15) is 13.2 Å². The van der Waals surface area contributed by atoms with Crippen molar-refractivity contribution in [3.05, 3.63) is 35.9 Å². The molecule has 2 rings (SSSR count). The van der Waals surface area contributed by atoms with Crippen LogP contribution in [0, 0.1) is 5.92 Å². The molecule has 0 aliphatic carbocycles. The number of nitrogens with zero attached hydrogens (tertiary/aromatic N) is 1. The predicted octanol–water partition coefficient (Wildman–Crippen LogP) is 1.78. The molecule has 1 aromatic rings. The third-order valence-electron chi connectivity index (χ3n) is 4.47. The maximum absolute atomic E-state index is 12.8. The second kappa shape index (κ2) is 12.0. The number of rotatable bonds is 6. The highest BCUT2D eigenvalue weighted by Gasteiger charge is 2.38. The summed E-state index contributed by atoms with van der Waals surface area (Å²) in [6.45, 7) is 2.07. The number of carboxylic acids is 1. The highest BCUT2D eigenvalue weighted by atomic mass is 19.4. The van der Waals surface area contributed by atoms with Crippen molar-refractivity contribution in [3.8, 4) is 0 Å². The molecule has 0 spiro atoms. The van der Waals surface area contributed by atoms with Crippen molar-refractivity contribution in [2.24, 2.45) is 11.7 Å². The lowest BCUT2D eigenvalue weighted by Gasteiger charge is -2.24. The Labute approximate surface area is 172 Å². The molecule has 1 heterocycles. The number of carbonyl (C=O) groups excluding carboxylic acids is 2. The van der Waals surface area contributed by atoms with Crippen molar-refractivity contribution in [1.82, 2.24) is 10.2 Å². The fourth-order valence-electron chi connectivity index (χ4n) is 2.98. The van der Waals surface area contributed by atoms with Crippen LogP contribution in [0.1, 0.15) is 18.4 Å². The first-order valence-electron chi connectivity index (χ1n) is 9.25. The van der Waals surface area contributed by atoms with Crippen molar-refractivity contribution >= 4 is 18.0 Å². The summed E-state index contributed by atoms with van der Waals surface area (Å²) in [5.41, 5.74) is 6.60. The van der Waals surface area contributed by atoms with Gasteiger partial charge in [0.25, 0.3) is 0 Å². The number of carbonyl (C=O) groups is 3. The first kappa shape index (κ1) is 25.2. The first-order chi connectivity index (χ1) is 14.1. The normalized spacial score (nSPS) is 16.8. The van der Waals surface area contributed by atoms with Crippen LogP contribution >= 0.6 is 0 Å². The standard InChI is InChI=1S/C17H25N3O3.C2HF3O2/c1-23-17(22)19-15(11-13-5-3-2-4-6-13)16(21)20-10-8-14(12-20)7-9-18;3-2(4,5)1(6)7/h2-6,14-15H,7-12,18H2,1H3,(H,19,22);(H,6,7). The number of alkyl halides is 3. The molecule has 0 saturated carbocycles. The Bertz CT molecular complexity index is 700. The molecule has 1 aliphatic heterocycles. The Hall–Kier alpha value is -2.82. The zero-order chi connectivity index (χ0) is 22.7. The molecule has 2 unspecified atom stereocenters. The van der Waals surface area contributed by atoms with E-state index < -0.39 is 24.3 Å². The van der Waals surface area contributed by atoms with E-state index >= 15 is 0 Å². The van der Waals surface area contributed by atoms with Crippen molar-refractivity contribution in [3.63, 3.8) is 0 Å². The Balaban J connectivity index is 0.000000553. The number of carboxylic acid groups (broad SMARTS) is 1. The van der Waals surface area contributed by atoms with E-state index in [0.29, 0.717) is 25.4 Å². The lowest BCUT2D eigenvalue weighted by molar-refractivity contribution is -0.192. The van der Waals surface area contributed by atoms with Gasteiger partial charge in [0.1, 0.15) is 6.04 Å². The van der Waals surface area contributed by atoms with Gasteiger partial charge in [-0.05, 0) is 30.9 Å². The van der Waals surface area contributed by atoms with Crippen LogP contribution in [0.25, 0.3) is 0 Å². The van der Waals surface area contributed by atoms with Crippen molar-refractivity contribution in [2.45, 2.75) is 31.5 Å². The second-order valence-corrected chi connectivity index (χ2v) is 6.70. The summed E-state index contributed by atoms with van der Waals surface area (Å²) in [5.74, 6) is -2.36. The fraction of sp³-hybridized carbons (Fsp3) is 0.526. The molecule has 0 aromatic heterocycles. The maximum atomic E-state index is 12.8. The van der Waals surface area contributed by atoms with Crippen molar-refractivity contribution in [1.29, 1.82) is 0 Å². The second-order valence-electron chi connectivity index (χ2n) is 6.70. The van der Waals surface area contributed by atoms with Crippen LogP contribution < -0.4 is 11.1 Å². The molecule has 1 saturated heterocycles. The predicted molar refractivity (Wildman–Crippen MR) is 102 cm³/mol. The highest BCUT2D eigenvalue weighted by Crippen LogP contribution is 2.20. The smallest absolute Gasteiger partial charge is 0.475 e. The number of hydrogen-bond acceptors (Lipinski definition) is 5. The van der Waals surface area contributed by atoms with Crippen LogP contribution in [0.4, 0.5) is 18.0 Å². The van der Waals surface area contributed by atoms with Gasteiger partial charge < -0.3 is 25.8 Å². The average molecular weight is 433 g/mol. The van der Waals surface area contributed by atoms with Gasteiger partial charge in [0.05, 0.1) is 7.11 Å². The van der Waals surface area contributed by atoms with Crippen LogP contribution in [-0.4, -0.2) is 66.9 Å². The van der Waals surface area contributed by atoms with Gasteiger partial charge in [-0.25, -0.2) is 9.59 Å². The van der Waals surface area contributed by atoms with Gasteiger partial charge in [0.2, 0.25) is 5.91 Å². The fourth-order valence-corrected chi connectivity index (χ4v) is 2.98. The number of benzene rings is 1. The molecule has 1 fully saturated rings. The zero-order valence-corrected chi connectivity index (χ0v) is 16.5. The SMILES string of the molecule is COC(=O)NC(Cc1ccccc1)C(=O)N1CCC(CCN)C1.O=C(O)C(F)(F)F. The van der Waals surface area contributed by atoms with Crippen LogP contribution in [0.15, 0.2) is 30.3 Å². The molecule has 2 atom stereocenters. The summed E-state index contributed by atoms with van der Waals surface area (Å²) < 4.78 is 36.4. The van der Waals surface area contributed by atoms with E-state index in [1.165, 1.54) is 7.11 Å². The Morgan fingerprint density at radius 1 is 1.30 bits per heavy atom. The summed E-state index contributed by atoms with van der Waals surface area (Å²) in [4.78, 5) is 35.1. The molecule has 1 aromatic carbocycles. The summed E-state index contributed by atoms with van der Waals surface area (Å²) in [6, 6.07) is 9.04. The number of nitrogens with two attached hydrogens (primary N) is 1. The number of nitrogens with one attached hydrogen (secondary N) is 1. The summed E-state index contributed by atoms with van der Waals surface area (Å²) in [6.07, 6.45) is -3.32. The largest absolute Gasteiger partial charge is 0.490 e. The number of ether oxygens (including phenoxy) is 1. The van der Waals surface area contributed by atoms with E-state index in [2.05, 4.69) is 10.1 Å². The third kappa shape index (κ3) is 8.68. The monoisotopic (exact) mass is 433 g/mol. The Morgan fingerprint density at radius 2 is 1.90 bits per heavy atom. The van der Waals surface area contributed by atoms with Gasteiger partial charge >= 0.3 is 18.2 Å². The number of aliphatic carboxylic acids is 1. The molecule has 30 heavy (non-hydrogen) atoms. The Morgan fingerprint density at radius 3 is 2.40 bits per heavy atom. The van der Waals surface area contributed by atoms with Crippen LogP contribution in [0.5, 0.6) is 0 Å². The van der Waals surface area contributed by atoms with E-state index in [1.54, 1.807) is 0 Å². The molecule has 8 nitrogen and oxygen atoms in total. The van der Waals surface area contributed by atoms with Crippen molar-refractivity contribution in [2.75, 3.05) is 26.7 Å². The van der Waals surface area contributed by atoms with E-state index in [1.807, 2.05) is 35.2 Å². The van der Waals surface area contributed by atoms with E-state index in [4.69, 9.17) is 15.6 Å². The average Bonchev–Trinajstić information content (AvgIpc) is 3.16. The quantitative estimate of drug-likeness (QED) is 0.629. The summed E-state index contributed by atoms with van der Waals surface area (Å²) in [7, 11) is 1.30. The summed E-state index contributed by atoms with van der Waals surface area (Å²) >= 11 is 0. The lowest BCUT2D eigenvalue weighted by Crippen LogP contribution is -2.49. The molecule has 0 bridgehead atoms. The van der Waals surface area contributed by atoms with Crippen molar-refractivity contribution < 1.29 is 37.4 Å². The summed E-state index contributed by atoms with van der Waals surface area (Å²) in [5, 5.41) is 9.79. The third-order valence-corrected chi connectivity index (χ3v) is 4.47. The van der Waals surface area contributed by atoms with Crippen LogP contribution in [0.2, 0.25) is 0 Å². The van der Waals surface area contributed by atoms with Crippen LogP contribution in [0.3, 0.4) is 0 Å². The number of halogens is 3. The maximum Gasteiger partial charge on any atom is 0.490 e.